The molecule has 0 radical (unpaired) electrons. The van der Waals surface area contributed by atoms with E-state index < -0.39 is 5.60 Å². The van der Waals surface area contributed by atoms with Crippen molar-refractivity contribution in [1.29, 1.82) is 0 Å². The van der Waals surface area contributed by atoms with Gasteiger partial charge in [0.05, 0.1) is 11.7 Å². The molecule has 0 heterocycles. The second kappa shape index (κ2) is 3.58. The van der Waals surface area contributed by atoms with Crippen LogP contribution in [-0.2, 0) is 0 Å². The third kappa shape index (κ3) is 2.06. The van der Waals surface area contributed by atoms with Crippen LogP contribution < -0.4 is 0 Å². The molecule has 0 spiro atoms. The second-order valence-electron chi connectivity index (χ2n) is 3.35. The molecule has 0 aromatic heterocycles. The highest BCUT2D eigenvalue weighted by Gasteiger charge is 2.38. The molecule has 2 N–H and O–H groups in total. The van der Waals surface area contributed by atoms with Crippen LogP contribution >= 0.6 is 22.6 Å². The maximum absolute atomic E-state index is 9.95. The lowest BCUT2D eigenvalue weighted by Gasteiger charge is -2.38. The van der Waals surface area contributed by atoms with Crippen LogP contribution in [0, 0.1) is 0 Å². The van der Waals surface area contributed by atoms with E-state index in [1.807, 2.05) is 6.92 Å². The SMILES string of the molecule is CCC1(O)CCC(O)CC1I. The maximum atomic E-state index is 9.95. The molecule has 3 unspecified atom stereocenters. The molecule has 11 heavy (non-hydrogen) atoms. The van der Waals surface area contributed by atoms with E-state index in [0.29, 0.717) is 0 Å². The zero-order valence-electron chi connectivity index (χ0n) is 6.76. The lowest BCUT2D eigenvalue weighted by atomic mass is 9.82. The van der Waals surface area contributed by atoms with Crippen LogP contribution in [0.3, 0.4) is 0 Å². The van der Waals surface area contributed by atoms with Gasteiger partial charge in [0.15, 0.2) is 0 Å². The van der Waals surface area contributed by atoms with Crippen molar-refractivity contribution in [3.63, 3.8) is 0 Å². The molecular formula is C8H15IO2. The Bertz CT molecular complexity index is 140. The predicted molar refractivity (Wildman–Crippen MR) is 52.9 cm³/mol. The van der Waals surface area contributed by atoms with E-state index in [-0.39, 0.29) is 10.0 Å². The van der Waals surface area contributed by atoms with Crippen LogP contribution in [0.25, 0.3) is 0 Å². The number of aliphatic hydroxyl groups excluding tert-OH is 1. The summed E-state index contributed by atoms with van der Waals surface area (Å²) in [7, 11) is 0. The van der Waals surface area contributed by atoms with E-state index in [1.165, 1.54) is 0 Å². The first-order valence-electron chi connectivity index (χ1n) is 4.13. The third-order valence-corrected chi connectivity index (χ3v) is 4.25. The molecule has 0 aromatic carbocycles. The van der Waals surface area contributed by atoms with Crippen molar-refractivity contribution in [2.45, 2.75) is 48.2 Å². The van der Waals surface area contributed by atoms with E-state index >= 15 is 0 Å². The number of aliphatic hydroxyl groups is 2. The molecule has 0 bridgehead atoms. The van der Waals surface area contributed by atoms with Crippen molar-refractivity contribution in [1.82, 2.24) is 0 Å². The number of rotatable bonds is 1. The Kier molecular flexibility index (Phi) is 3.17. The molecule has 1 fully saturated rings. The van der Waals surface area contributed by atoms with Crippen molar-refractivity contribution in [3.8, 4) is 0 Å². The lowest BCUT2D eigenvalue weighted by molar-refractivity contribution is -0.0231. The summed E-state index contributed by atoms with van der Waals surface area (Å²) in [5.74, 6) is 0. The van der Waals surface area contributed by atoms with Gasteiger partial charge in [-0.1, -0.05) is 29.5 Å². The molecule has 0 aromatic rings. The first-order chi connectivity index (χ1) is 5.08. The Balaban J connectivity index is 2.56. The highest BCUT2D eigenvalue weighted by Crippen LogP contribution is 2.36. The van der Waals surface area contributed by atoms with Crippen LogP contribution in [-0.4, -0.2) is 25.8 Å². The predicted octanol–water partition coefficient (Wildman–Crippen LogP) is 1.48. The summed E-state index contributed by atoms with van der Waals surface area (Å²) in [4.78, 5) is 0. The summed E-state index contributed by atoms with van der Waals surface area (Å²) in [6.07, 6.45) is 2.85. The zero-order valence-corrected chi connectivity index (χ0v) is 8.91. The molecule has 66 valence electrons. The second-order valence-corrected chi connectivity index (χ2v) is 4.86. The molecule has 3 heteroatoms. The highest BCUT2D eigenvalue weighted by atomic mass is 127. The minimum absolute atomic E-state index is 0.191. The number of hydrogen-bond acceptors (Lipinski definition) is 2. The van der Waals surface area contributed by atoms with Crippen molar-refractivity contribution in [2.75, 3.05) is 0 Å². The summed E-state index contributed by atoms with van der Waals surface area (Å²) in [6.45, 7) is 2.00. The molecule has 2 nitrogen and oxygen atoms in total. The van der Waals surface area contributed by atoms with E-state index in [1.54, 1.807) is 0 Å². The van der Waals surface area contributed by atoms with Gasteiger partial charge in [0.1, 0.15) is 0 Å². The fraction of sp³-hybridized carbons (Fsp3) is 1.00. The van der Waals surface area contributed by atoms with Crippen LogP contribution in [0.1, 0.15) is 32.6 Å². The standard InChI is InChI=1S/C8H15IO2/c1-2-8(11)4-3-6(10)5-7(8)9/h6-7,10-11H,2-5H2,1H3. The van der Waals surface area contributed by atoms with Crippen molar-refractivity contribution in [3.05, 3.63) is 0 Å². The van der Waals surface area contributed by atoms with Gasteiger partial charge in [-0.2, -0.15) is 0 Å². The van der Waals surface area contributed by atoms with Crippen molar-refractivity contribution >= 4 is 22.6 Å². The van der Waals surface area contributed by atoms with Crippen LogP contribution in [0.5, 0.6) is 0 Å². The molecule has 1 aliphatic carbocycles. The van der Waals surface area contributed by atoms with Gasteiger partial charge in [0.25, 0.3) is 0 Å². The van der Waals surface area contributed by atoms with Crippen LogP contribution in [0.2, 0.25) is 0 Å². The zero-order chi connectivity index (χ0) is 8.48. The van der Waals surface area contributed by atoms with E-state index in [4.69, 9.17) is 0 Å². The monoisotopic (exact) mass is 270 g/mol. The topological polar surface area (TPSA) is 40.5 Å². The Morgan fingerprint density at radius 3 is 2.73 bits per heavy atom. The summed E-state index contributed by atoms with van der Waals surface area (Å²) in [5.41, 5.74) is -0.514. The number of halogens is 1. The van der Waals surface area contributed by atoms with Gasteiger partial charge in [0.2, 0.25) is 0 Å². The highest BCUT2D eigenvalue weighted by molar-refractivity contribution is 14.1. The summed E-state index contributed by atoms with van der Waals surface area (Å²) < 4.78 is 0.217. The van der Waals surface area contributed by atoms with E-state index in [9.17, 15) is 10.2 Å². The molecule has 1 aliphatic rings. The molecule has 3 atom stereocenters. The first-order valence-corrected chi connectivity index (χ1v) is 5.37. The van der Waals surface area contributed by atoms with Gasteiger partial charge in [-0.3, -0.25) is 0 Å². The van der Waals surface area contributed by atoms with Gasteiger partial charge in [-0.05, 0) is 25.7 Å². The van der Waals surface area contributed by atoms with Gasteiger partial charge in [-0.25, -0.2) is 0 Å². The quantitative estimate of drug-likeness (QED) is 0.559. The van der Waals surface area contributed by atoms with Crippen LogP contribution in [0.15, 0.2) is 0 Å². The molecule has 0 saturated heterocycles. The lowest BCUT2D eigenvalue weighted by Crippen LogP contribution is -2.44. The normalized spacial score (nSPS) is 45.8. The van der Waals surface area contributed by atoms with Crippen LogP contribution in [0.4, 0.5) is 0 Å². The summed E-state index contributed by atoms with van der Waals surface area (Å²) in [6, 6.07) is 0. The Morgan fingerprint density at radius 1 is 1.64 bits per heavy atom. The minimum Gasteiger partial charge on any atom is -0.393 e. The Labute approximate surface area is 81.1 Å². The molecule has 1 saturated carbocycles. The van der Waals surface area contributed by atoms with E-state index in [2.05, 4.69) is 22.6 Å². The van der Waals surface area contributed by atoms with Crippen molar-refractivity contribution in [2.24, 2.45) is 0 Å². The number of alkyl halides is 1. The average molecular weight is 270 g/mol. The smallest absolute Gasteiger partial charge is 0.0764 e. The molecule has 1 rings (SSSR count). The number of hydrogen-bond donors (Lipinski definition) is 2. The molecule has 0 amide bonds. The largest absolute Gasteiger partial charge is 0.393 e. The van der Waals surface area contributed by atoms with Gasteiger partial charge in [-0.15, -0.1) is 0 Å². The van der Waals surface area contributed by atoms with Gasteiger partial charge < -0.3 is 10.2 Å². The first kappa shape index (κ1) is 9.74. The average Bonchev–Trinajstić information content (AvgIpc) is 1.98. The summed E-state index contributed by atoms with van der Waals surface area (Å²) in [5, 5.41) is 19.2. The molecule has 0 aliphatic heterocycles. The Morgan fingerprint density at radius 2 is 2.27 bits per heavy atom. The van der Waals surface area contributed by atoms with E-state index in [0.717, 1.165) is 25.7 Å². The van der Waals surface area contributed by atoms with Gasteiger partial charge in [0, 0.05) is 3.92 Å². The Hall–Kier alpha value is 0.650. The fourth-order valence-corrected chi connectivity index (χ4v) is 2.89. The van der Waals surface area contributed by atoms with Gasteiger partial charge >= 0.3 is 0 Å². The molecular weight excluding hydrogens is 255 g/mol. The maximum Gasteiger partial charge on any atom is 0.0764 e. The summed E-state index contributed by atoms with van der Waals surface area (Å²) >= 11 is 2.24. The third-order valence-electron chi connectivity index (χ3n) is 2.58. The minimum atomic E-state index is -0.514. The fourth-order valence-electron chi connectivity index (χ4n) is 1.55. The van der Waals surface area contributed by atoms with Crippen molar-refractivity contribution < 1.29 is 10.2 Å².